The van der Waals surface area contributed by atoms with Gasteiger partial charge in [0.05, 0.1) is 17.8 Å². The molecule has 3 heterocycles. The summed E-state index contributed by atoms with van der Waals surface area (Å²) in [6, 6.07) is 18.4. The zero-order chi connectivity index (χ0) is 25.1. The molecule has 5 rings (SSSR count). The second kappa shape index (κ2) is 10.8. The highest BCUT2D eigenvalue weighted by atomic mass is 32.1. The fourth-order valence-electron chi connectivity index (χ4n) is 5.95. The van der Waals surface area contributed by atoms with Crippen molar-refractivity contribution in [2.24, 2.45) is 0 Å². The molecule has 7 heteroatoms. The smallest absolute Gasteiger partial charge is 0.226 e. The van der Waals surface area contributed by atoms with Crippen molar-refractivity contribution in [1.82, 2.24) is 19.8 Å². The Kier molecular flexibility index (Phi) is 7.37. The minimum atomic E-state index is -0.0730. The Hall–Kier alpha value is -3.19. The molecule has 3 aromatic rings. The quantitative estimate of drug-likeness (QED) is 0.389. The summed E-state index contributed by atoms with van der Waals surface area (Å²) in [4.78, 5) is 19.6. The predicted molar refractivity (Wildman–Crippen MR) is 148 cm³/mol. The van der Waals surface area contributed by atoms with Gasteiger partial charge in [0.2, 0.25) is 5.91 Å². The zero-order valence-electron chi connectivity index (χ0n) is 21.1. The summed E-state index contributed by atoms with van der Waals surface area (Å²) in [5.74, 6) is -0.0169. The Morgan fingerprint density at radius 1 is 1.08 bits per heavy atom. The summed E-state index contributed by atoms with van der Waals surface area (Å²) in [7, 11) is 0. The van der Waals surface area contributed by atoms with Crippen LogP contribution in [0.15, 0.2) is 60.8 Å². The van der Waals surface area contributed by atoms with E-state index >= 15 is 0 Å². The lowest BCUT2D eigenvalue weighted by Gasteiger charge is -2.29. The van der Waals surface area contributed by atoms with Crippen LogP contribution in [0, 0.1) is 13.8 Å². The molecule has 6 nitrogen and oxygen atoms in total. The molecular formula is C29H35N5OS. The molecule has 0 unspecified atom stereocenters. The third-order valence-corrected chi connectivity index (χ3v) is 7.97. The first-order chi connectivity index (χ1) is 17.5. The van der Waals surface area contributed by atoms with Crippen molar-refractivity contribution in [3.63, 3.8) is 0 Å². The van der Waals surface area contributed by atoms with E-state index in [9.17, 15) is 4.79 Å². The van der Waals surface area contributed by atoms with Crippen molar-refractivity contribution in [3.8, 4) is 0 Å². The van der Waals surface area contributed by atoms with Crippen molar-refractivity contribution >= 4 is 28.9 Å². The number of nitrogens with one attached hydrogen (secondary N) is 2. The lowest BCUT2D eigenvalue weighted by atomic mass is 9.94. The van der Waals surface area contributed by atoms with Crippen molar-refractivity contribution in [1.29, 1.82) is 0 Å². The first-order valence-electron chi connectivity index (χ1n) is 13.0. The monoisotopic (exact) mass is 501 g/mol. The Balaban J connectivity index is 1.43. The number of carbonyl (C=O) groups is 1. The Labute approximate surface area is 219 Å². The summed E-state index contributed by atoms with van der Waals surface area (Å²) < 4.78 is 2.55. The molecule has 2 aliphatic rings. The molecule has 0 bridgehead atoms. The van der Waals surface area contributed by atoms with Gasteiger partial charge < -0.3 is 20.1 Å². The van der Waals surface area contributed by atoms with Crippen LogP contribution in [0.25, 0.3) is 0 Å². The number of pyridine rings is 1. The molecule has 36 heavy (non-hydrogen) atoms. The van der Waals surface area contributed by atoms with Crippen LogP contribution in [0.1, 0.15) is 79.3 Å². The number of carbonyl (C=O) groups excluding carboxylic acids is 1. The maximum atomic E-state index is 12.8. The van der Waals surface area contributed by atoms with E-state index < -0.39 is 0 Å². The fraction of sp³-hybridized carbons (Fsp3) is 0.414. The molecule has 2 N–H and O–H groups in total. The summed E-state index contributed by atoms with van der Waals surface area (Å²) in [5, 5.41) is 7.20. The normalized spacial score (nSPS) is 20.4. The molecule has 1 amide bonds. The van der Waals surface area contributed by atoms with E-state index in [1.807, 2.05) is 48.7 Å². The minimum Gasteiger partial charge on any atom is -0.352 e. The van der Waals surface area contributed by atoms with Gasteiger partial charge in [-0.15, -0.1) is 0 Å². The topological polar surface area (TPSA) is 62.2 Å². The van der Waals surface area contributed by atoms with Crippen LogP contribution in [-0.4, -0.2) is 32.0 Å². The number of rotatable bonds is 7. The number of anilines is 1. The number of para-hydroxylation sites is 1. The molecule has 2 fully saturated rings. The van der Waals surface area contributed by atoms with Crippen LogP contribution in [0.2, 0.25) is 0 Å². The van der Waals surface area contributed by atoms with E-state index in [1.54, 1.807) is 0 Å². The highest BCUT2D eigenvalue weighted by molar-refractivity contribution is 7.80. The van der Waals surface area contributed by atoms with Crippen molar-refractivity contribution < 1.29 is 4.79 Å². The van der Waals surface area contributed by atoms with Gasteiger partial charge in [0.15, 0.2) is 5.11 Å². The number of benzene rings is 1. The Morgan fingerprint density at radius 2 is 1.83 bits per heavy atom. The van der Waals surface area contributed by atoms with E-state index in [1.165, 1.54) is 49.1 Å². The number of nitrogens with zero attached hydrogens (tertiary/aromatic N) is 3. The van der Waals surface area contributed by atoms with Gasteiger partial charge >= 0.3 is 0 Å². The van der Waals surface area contributed by atoms with Crippen molar-refractivity contribution in [2.75, 3.05) is 11.9 Å². The molecule has 0 spiro atoms. The van der Waals surface area contributed by atoms with Crippen molar-refractivity contribution in [3.05, 3.63) is 83.4 Å². The number of hydrogen-bond acceptors (Lipinski definition) is 3. The Morgan fingerprint density at radius 3 is 2.56 bits per heavy atom. The first-order valence-corrected chi connectivity index (χ1v) is 13.4. The lowest BCUT2D eigenvalue weighted by Crippen LogP contribution is -2.33. The van der Waals surface area contributed by atoms with Gasteiger partial charge in [-0.05, 0) is 74.8 Å². The molecule has 188 valence electrons. The SMILES string of the molecule is Cc1cc([C@@H]2[C@H](c3ccccn3)NC(=S)N2CCC(=O)Nc2ccccc2)c(C)n1C1CCCCC1. The number of aryl methyl sites for hydroxylation is 1. The third-order valence-electron chi connectivity index (χ3n) is 7.62. The molecule has 1 saturated carbocycles. The second-order valence-corrected chi connectivity index (χ2v) is 10.4. The predicted octanol–water partition coefficient (Wildman–Crippen LogP) is 6.01. The fourth-order valence-corrected chi connectivity index (χ4v) is 6.29. The maximum absolute atomic E-state index is 12.8. The zero-order valence-corrected chi connectivity index (χ0v) is 21.9. The van der Waals surface area contributed by atoms with Gasteiger partial charge in [-0.3, -0.25) is 9.78 Å². The number of amides is 1. The minimum absolute atomic E-state index is 0.0169. The average Bonchev–Trinajstić information content (AvgIpc) is 3.38. The van der Waals surface area contributed by atoms with E-state index in [4.69, 9.17) is 12.2 Å². The van der Waals surface area contributed by atoms with Crippen LogP contribution in [0.4, 0.5) is 5.69 Å². The van der Waals surface area contributed by atoms with Gasteiger partial charge in [-0.1, -0.05) is 43.5 Å². The molecular weight excluding hydrogens is 466 g/mol. The molecule has 1 aliphatic heterocycles. The van der Waals surface area contributed by atoms with Crippen LogP contribution in [0.5, 0.6) is 0 Å². The molecule has 1 saturated heterocycles. The van der Waals surface area contributed by atoms with Gasteiger partial charge in [0.1, 0.15) is 0 Å². The van der Waals surface area contributed by atoms with E-state index in [-0.39, 0.29) is 18.0 Å². The molecule has 2 aromatic heterocycles. The van der Waals surface area contributed by atoms with E-state index in [0.717, 1.165) is 11.4 Å². The largest absolute Gasteiger partial charge is 0.352 e. The third kappa shape index (κ3) is 5.03. The molecule has 2 atom stereocenters. The molecule has 1 aliphatic carbocycles. The van der Waals surface area contributed by atoms with Crippen molar-refractivity contribution in [2.45, 2.75) is 70.5 Å². The second-order valence-electron chi connectivity index (χ2n) is 9.97. The van der Waals surface area contributed by atoms with E-state index in [0.29, 0.717) is 24.1 Å². The highest BCUT2D eigenvalue weighted by Crippen LogP contribution is 2.42. The Bertz CT molecular complexity index is 1200. The summed E-state index contributed by atoms with van der Waals surface area (Å²) in [6.45, 7) is 5.00. The number of hydrogen-bond donors (Lipinski definition) is 2. The number of aromatic nitrogens is 2. The average molecular weight is 502 g/mol. The van der Waals surface area contributed by atoms with Gasteiger partial charge in [0.25, 0.3) is 0 Å². The van der Waals surface area contributed by atoms with Crippen LogP contribution < -0.4 is 10.6 Å². The van der Waals surface area contributed by atoms with Crippen LogP contribution in [0.3, 0.4) is 0 Å². The maximum Gasteiger partial charge on any atom is 0.226 e. The highest BCUT2D eigenvalue weighted by Gasteiger charge is 2.41. The first kappa shape index (κ1) is 24.5. The van der Waals surface area contributed by atoms with Gasteiger partial charge in [-0.25, -0.2) is 0 Å². The summed E-state index contributed by atoms with van der Waals surface area (Å²) in [5.41, 5.74) is 5.64. The van der Waals surface area contributed by atoms with E-state index in [2.05, 4.69) is 51.1 Å². The lowest BCUT2D eigenvalue weighted by molar-refractivity contribution is -0.116. The van der Waals surface area contributed by atoms with Crippen LogP contribution in [-0.2, 0) is 4.79 Å². The molecule has 0 radical (unpaired) electrons. The number of thiocarbonyl (C=S) groups is 1. The van der Waals surface area contributed by atoms with Gasteiger partial charge in [-0.2, -0.15) is 0 Å². The molecule has 1 aromatic carbocycles. The summed E-state index contributed by atoms with van der Waals surface area (Å²) >= 11 is 5.83. The van der Waals surface area contributed by atoms with Gasteiger partial charge in [0, 0.05) is 42.3 Å². The van der Waals surface area contributed by atoms with Crippen LogP contribution >= 0.6 is 12.2 Å². The summed E-state index contributed by atoms with van der Waals surface area (Å²) in [6.07, 6.45) is 8.59. The standard InChI is InChI=1S/C29H35N5OS/c1-20-19-24(21(2)34(20)23-13-7-4-8-14-23)28-27(25-15-9-10-17-30-25)32-29(36)33(28)18-16-26(35)31-22-11-5-3-6-12-22/h3,5-6,9-12,15,17,19,23,27-28H,4,7-8,13-14,16,18H2,1-2H3,(H,31,35)(H,32,36)/t27-,28+/m0/s1.